The van der Waals surface area contributed by atoms with E-state index >= 15 is 0 Å². The van der Waals surface area contributed by atoms with Crippen molar-refractivity contribution in [3.05, 3.63) is 29.0 Å². The number of benzene rings is 1. The molecule has 0 aliphatic heterocycles. The Bertz CT molecular complexity index is 498. The summed E-state index contributed by atoms with van der Waals surface area (Å²) in [5, 5.41) is 18.0. The van der Waals surface area contributed by atoms with Crippen LogP contribution in [0.1, 0.15) is 0 Å². The number of rotatable bonds is 4. The Morgan fingerprint density at radius 2 is 1.38 bits per heavy atom. The highest BCUT2D eigenvalue weighted by Gasteiger charge is 2.08. The van der Waals surface area contributed by atoms with E-state index in [1.807, 2.05) is 33.4 Å². The Balaban J connectivity index is 2.70. The molecule has 0 fully saturated rings. The van der Waals surface area contributed by atoms with Gasteiger partial charge in [-0.05, 0) is 24.4 Å². The van der Waals surface area contributed by atoms with Crippen LogP contribution in [-0.4, -0.2) is 32.6 Å². The number of aromatic nitrogens is 2. The first-order valence-corrected chi connectivity index (χ1v) is 5.60. The first-order chi connectivity index (χ1) is 7.79. The summed E-state index contributed by atoms with van der Waals surface area (Å²) in [7, 11) is 0. The molecule has 0 bridgehead atoms. The van der Waals surface area contributed by atoms with Gasteiger partial charge < -0.3 is 19.3 Å². The maximum absolute atomic E-state index is 9.02. The molecule has 2 rings (SSSR count). The molecule has 0 saturated heterocycles. The summed E-state index contributed by atoms with van der Waals surface area (Å²) in [4.78, 5) is 0. The van der Waals surface area contributed by atoms with Gasteiger partial charge in [-0.1, -0.05) is 12.1 Å². The predicted octanol–water partition coefficient (Wildman–Crippen LogP) is 1.16. The van der Waals surface area contributed by atoms with Crippen molar-refractivity contribution < 1.29 is 10.2 Å². The van der Waals surface area contributed by atoms with Gasteiger partial charge >= 0.3 is 0 Å². The van der Waals surface area contributed by atoms with Gasteiger partial charge in [-0.3, -0.25) is 0 Å². The van der Waals surface area contributed by atoms with Gasteiger partial charge in [-0.25, -0.2) is 0 Å². The summed E-state index contributed by atoms with van der Waals surface area (Å²) >= 11 is 5.33. The third-order valence-electron chi connectivity index (χ3n) is 2.57. The molecular formula is C11H14N2O2S. The minimum atomic E-state index is 0.0570. The van der Waals surface area contributed by atoms with Crippen LogP contribution in [-0.2, 0) is 13.1 Å². The summed E-state index contributed by atoms with van der Waals surface area (Å²) < 4.78 is 4.42. The number of aliphatic hydroxyl groups excluding tert-OH is 2. The molecule has 0 atom stereocenters. The topological polar surface area (TPSA) is 50.3 Å². The van der Waals surface area contributed by atoms with Gasteiger partial charge in [0.05, 0.1) is 24.2 Å². The van der Waals surface area contributed by atoms with Gasteiger partial charge in [-0.15, -0.1) is 0 Å². The van der Waals surface area contributed by atoms with Crippen molar-refractivity contribution >= 4 is 23.3 Å². The first-order valence-electron chi connectivity index (χ1n) is 5.19. The lowest BCUT2D eigenvalue weighted by atomic mass is 10.3. The summed E-state index contributed by atoms with van der Waals surface area (Å²) in [5.74, 6) is 0. The Labute approximate surface area is 98.4 Å². The van der Waals surface area contributed by atoms with Gasteiger partial charge in [0.2, 0.25) is 0 Å². The van der Waals surface area contributed by atoms with Crippen LogP contribution in [0.3, 0.4) is 0 Å². The Morgan fingerprint density at radius 1 is 0.938 bits per heavy atom. The molecule has 1 aromatic carbocycles. The maximum Gasteiger partial charge on any atom is 0.180 e. The van der Waals surface area contributed by atoms with Crippen LogP contribution >= 0.6 is 12.2 Å². The van der Waals surface area contributed by atoms with Crippen LogP contribution in [0.15, 0.2) is 24.3 Å². The SMILES string of the molecule is OCCn1c(=S)n(CCO)c2ccccc21. The third-order valence-corrected chi connectivity index (χ3v) is 3.01. The van der Waals surface area contributed by atoms with E-state index in [1.165, 1.54) is 0 Å². The Morgan fingerprint density at radius 3 is 1.75 bits per heavy atom. The summed E-state index contributed by atoms with van der Waals surface area (Å²) in [6.45, 7) is 1.08. The lowest BCUT2D eigenvalue weighted by Crippen LogP contribution is -2.06. The number of imidazole rings is 1. The minimum Gasteiger partial charge on any atom is -0.395 e. The van der Waals surface area contributed by atoms with Crippen molar-refractivity contribution in [3.8, 4) is 0 Å². The molecule has 2 N–H and O–H groups in total. The zero-order valence-corrected chi connectivity index (χ0v) is 9.65. The highest BCUT2D eigenvalue weighted by atomic mass is 32.1. The van der Waals surface area contributed by atoms with E-state index in [-0.39, 0.29) is 13.2 Å². The van der Waals surface area contributed by atoms with Crippen molar-refractivity contribution in [2.24, 2.45) is 0 Å². The molecule has 0 radical (unpaired) electrons. The number of nitrogens with zero attached hydrogens (tertiary/aromatic N) is 2. The fourth-order valence-electron chi connectivity index (χ4n) is 1.90. The summed E-state index contributed by atoms with van der Waals surface area (Å²) in [6, 6.07) is 7.81. The second-order valence-corrected chi connectivity index (χ2v) is 3.89. The number of aliphatic hydroxyl groups is 2. The average molecular weight is 238 g/mol. The normalized spacial score (nSPS) is 11.1. The molecule has 4 nitrogen and oxygen atoms in total. The lowest BCUT2D eigenvalue weighted by Gasteiger charge is -2.00. The van der Waals surface area contributed by atoms with Crippen LogP contribution in [0.2, 0.25) is 0 Å². The average Bonchev–Trinajstić information content (AvgIpc) is 2.56. The van der Waals surface area contributed by atoms with Crippen LogP contribution in [0.25, 0.3) is 11.0 Å². The monoisotopic (exact) mass is 238 g/mol. The van der Waals surface area contributed by atoms with Gasteiger partial charge in [0.25, 0.3) is 0 Å². The largest absolute Gasteiger partial charge is 0.395 e. The molecule has 0 spiro atoms. The molecule has 5 heteroatoms. The van der Waals surface area contributed by atoms with E-state index in [4.69, 9.17) is 22.4 Å². The molecule has 86 valence electrons. The molecular weight excluding hydrogens is 224 g/mol. The predicted molar refractivity (Wildman–Crippen MR) is 64.9 cm³/mol. The van der Waals surface area contributed by atoms with E-state index < -0.39 is 0 Å². The Hall–Kier alpha value is -1.17. The first kappa shape index (κ1) is 11.3. The fraction of sp³-hybridized carbons (Fsp3) is 0.364. The van der Waals surface area contributed by atoms with Crippen molar-refractivity contribution in [2.45, 2.75) is 13.1 Å². The number of hydrogen-bond acceptors (Lipinski definition) is 3. The van der Waals surface area contributed by atoms with E-state index in [2.05, 4.69) is 0 Å². The maximum atomic E-state index is 9.02. The molecule has 16 heavy (non-hydrogen) atoms. The summed E-state index contributed by atoms with van der Waals surface area (Å²) in [5.41, 5.74) is 1.99. The second kappa shape index (κ2) is 4.78. The number of hydrogen-bond donors (Lipinski definition) is 2. The molecule has 0 aliphatic carbocycles. The van der Waals surface area contributed by atoms with Gasteiger partial charge in [0.1, 0.15) is 0 Å². The van der Waals surface area contributed by atoms with Gasteiger partial charge in [0.15, 0.2) is 4.77 Å². The van der Waals surface area contributed by atoms with Crippen LogP contribution in [0, 0.1) is 4.77 Å². The van der Waals surface area contributed by atoms with Crippen molar-refractivity contribution in [1.29, 1.82) is 0 Å². The Kier molecular flexibility index (Phi) is 3.38. The molecule has 0 amide bonds. The summed E-state index contributed by atoms with van der Waals surface area (Å²) in [6.07, 6.45) is 0. The lowest BCUT2D eigenvalue weighted by molar-refractivity contribution is 0.270. The number of para-hydroxylation sites is 2. The van der Waals surface area contributed by atoms with Gasteiger partial charge in [-0.2, -0.15) is 0 Å². The molecule has 0 saturated carbocycles. The zero-order chi connectivity index (χ0) is 11.5. The second-order valence-electron chi connectivity index (χ2n) is 3.52. The minimum absolute atomic E-state index is 0.0570. The zero-order valence-electron chi connectivity index (χ0n) is 8.83. The number of fused-ring (bicyclic) bond motifs is 1. The van der Waals surface area contributed by atoms with Crippen LogP contribution < -0.4 is 0 Å². The molecule has 0 aliphatic rings. The fourth-order valence-corrected chi connectivity index (χ4v) is 2.28. The standard InChI is InChI=1S/C11H14N2O2S/c14-7-5-12-9-3-1-2-4-10(9)13(6-8-15)11(12)16/h1-4,14-15H,5-8H2. The molecule has 1 aromatic heterocycles. The highest BCUT2D eigenvalue weighted by Crippen LogP contribution is 2.17. The van der Waals surface area contributed by atoms with Crippen molar-refractivity contribution in [3.63, 3.8) is 0 Å². The van der Waals surface area contributed by atoms with Crippen LogP contribution in [0.4, 0.5) is 0 Å². The highest BCUT2D eigenvalue weighted by molar-refractivity contribution is 7.71. The van der Waals surface area contributed by atoms with E-state index in [0.29, 0.717) is 17.9 Å². The van der Waals surface area contributed by atoms with Crippen LogP contribution in [0.5, 0.6) is 0 Å². The van der Waals surface area contributed by atoms with E-state index in [9.17, 15) is 0 Å². The van der Waals surface area contributed by atoms with Gasteiger partial charge in [0, 0.05) is 13.1 Å². The third kappa shape index (κ3) is 1.77. The molecule has 0 unspecified atom stereocenters. The molecule has 2 aromatic rings. The van der Waals surface area contributed by atoms with E-state index in [1.54, 1.807) is 0 Å². The quantitative estimate of drug-likeness (QED) is 0.786. The van der Waals surface area contributed by atoms with Crippen molar-refractivity contribution in [1.82, 2.24) is 9.13 Å². The smallest absolute Gasteiger partial charge is 0.180 e. The van der Waals surface area contributed by atoms with Crippen molar-refractivity contribution in [2.75, 3.05) is 13.2 Å². The van der Waals surface area contributed by atoms with E-state index in [0.717, 1.165) is 11.0 Å². The molecule has 1 heterocycles.